The molecule has 0 saturated heterocycles. The summed E-state index contributed by atoms with van der Waals surface area (Å²) in [4.78, 5) is 46.6. The summed E-state index contributed by atoms with van der Waals surface area (Å²) in [5, 5.41) is 4.35. The van der Waals surface area contributed by atoms with E-state index in [-0.39, 0.29) is 11.5 Å². The number of nitrogens with two attached hydrogens (primary N) is 1. The standard InChI is InChI=1S/C17H23N3O6/c1-4-25-12-8-6-5-7-11(12)15(22)20-14(10(2)3)16(23)26-9-13(21)19-17(18)24/h5-8,10,14H,4,9H2,1-3H3,(H,20,22)(H3,18,19,21,24)/t14-/m0/s1. The molecular weight excluding hydrogens is 342 g/mol. The summed E-state index contributed by atoms with van der Waals surface area (Å²) in [5.74, 6) is -2.08. The van der Waals surface area contributed by atoms with Crippen molar-refractivity contribution in [2.45, 2.75) is 26.8 Å². The van der Waals surface area contributed by atoms with Crippen LogP contribution in [-0.4, -0.2) is 43.1 Å². The van der Waals surface area contributed by atoms with Crippen LogP contribution in [0.5, 0.6) is 5.75 Å². The van der Waals surface area contributed by atoms with Crippen molar-refractivity contribution in [2.75, 3.05) is 13.2 Å². The number of carbonyl (C=O) groups excluding carboxylic acids is 4. The number of amides is 4. The maximum atomic E-state index is 12.5. The highest BCUT2D eigenvalue weighted by Crippen LogP contribution is 2.18. The van der Waals surface area contributed by atoms with Crippen LogP contribution in [0.3, 0.4) is 0 Å². The fraction of sp³-hybridized carbons (Fsp3) is 0.412. The monoisotopic (exact) mass is 365 g/mol. The van der Waals surface area contributed by atoms with Crippen LogP contribution in [0.15, 0.2) is 24.3 Å². The largest absolute Gasteiger partial charge is 0.493 e. The van der Waals surface area contributed by atoms with Crippen molar-refractivity contribution >= 4 is 23.8 Å². The van der Waals surface area contributed by atoms with Crippen LogP contribution < -0.4 is 21.1 Å². The van der Waals surface area contributed by atoms with Gasteiger partial charge in [0.05, 0.1) is 12.2 Å². The molecule has 0 aromatic heterocycles. The molecular formula is C17H23N3O6. The van der Waals surface area contributed by atoms with E-state index in [0.29, 0.717) is 12.4 Å². The Morgan fingerprint density at radius 1 is 1.15 bits per heavy atom. The molecule has 142 valence electrons. The van der Waals surface area contributed by atoms with E-state index in [1.165, 1.54) is 0 Å². The Balaban J connectivity index is 2.78. The van der Waals surface area contributed by atoms with Crippen molar-refractivity contribution in [1.82, 2.24) is 10.6 Å². The lowest BCUT2D eigenvalue weighted by Crippen LogP contribution is -2.46. The first-order valence-electron chi connectivity index (χ1n) is 8.04. The molecule has 0 bridgehead atoms. The van der Waals surface area contributed by atoms with Gasteiger partial charge in [0.25, 0.3) is 11.8 Å². The SMILES string of the molecule is CCOc1ccccc1C(=O)N[C@H](C(=O)OCC(=O)NC(N)=O)C(C)C. The zero-order chi connectivity index (χ0) is 19.7. The number of esters is 1. The van der Waals surface area contributed by atoms with Crippen LogP contribution in [0, 0.1) is 5.92 Å². The average molecular weight is 365 g/mol. The third kappa shape index (κ3) is 6.42. The number of imide groups is 1. The first-order chi connectivity index (χ1) is 12.3. The Hall–Kier alpha value is -3.10. The highest BCUT2D eigenvalue weighted by atomic mass is 16.5. The van der Waals surface area contributed by atoms with Crippen molar-refractivity contribution in [2.24, 2.45) is 11.7 Å². The van der Waals surface area contributed by atoms with Gasteiger partial charge in [0.1, 0.15) is 11.8 Å². The number of hydrogen-bond donors (Lipinski definition) is 3. The predicted octanol–water partition coefficient (Wildman–Crippen LogP) is 0.578. The third-order valence-corrected chi connectivity index (χ3v) is 3.25. The Morgan fingerprint density at radius 2 is 1.81 bits per heavy atom. The molecule has 0 fully saturated rings. The van der Waals surface area contributed by atoms with Crippen molar-refractivity contribution in [3.63, 3.8) is 0 Å². The van der Waals surface area contributed by atoms with Gasteiger partial charge in [-0.15, -0.1) is 0 Å². The van der Waals surface area contributed by atoms with Crippen molar-refractivity contribution in [3.8, 4) is 5.75 Å². The minimum absolute atomic E-state index is 0.277. The number of hydrogen-bond acceptors (Lipinski definition) is 6. The molecule has 9 nitrogen and oxygen atoms in total. The normalized spacial score (nSPS) is 11.4. The van der Waals surface area contributed by atoms with E-state index < -0.39 is 36.5 Å². The molecule has 0 aliphatic rings. The predicted molar refractivity (Wildman–Crippen MR) is 92.4 cm³/mol. The molecule has 1 aromatic rings. The topological polar surface area (TPSA) is 137 Å². The molecule has 1 rings (SSSR count). The number of primary amides is 1. The fourth-order valence-corrected chi connectivity index (χ4v) is 2.05. The van der Waals surface area contributed by atoms with Crippen molar-refractivity contribution in [1.29, 1.82) is 0 Å². The van der Waals surface area contributed by atoms with E-state index in [9.17, 15) is 19.2 Å². The smallest absolute Gasteiger partial charge is 0.329 e. The van der Waals surface area contributed by atoms with Gasteiger partial charge in [-0.1, -0.05) is 26.0 Å². The summed E-state index contributed by atoms with van der Waals surface area (Å²) < 4.78 is 10.2. The molecule has 4 amide bonds. The van der Waals surface area contributed by atoms with E-state index in [1.807, 2.05) is 0 Å². The first kappa shape index (κ1) is 20.9. The van der Waals surface area contributed by atoms with E-state index in [0.717, 1.165) is 0 Å². The highest BCUT2D eigenvalue weighted by Gasteiger charge is 2.27. The number of rotatable bonds is 8. The van der Waals surface area contributed by atoms with Crippen LogP contribution in [-0.2, 0) is 14.3 Å². The summed E-state index contributed by atoms with van der Waals surface area (Å²) in [7, 11) is 0. The van der Waals surface area contributed by atoms with E-state index in [2.05, 4.69) is 5.32 Å². The van der Waals surface area contributed by atoms with Crippen LogP contribution in [0.2, 0.25) is 0 Å². The molecule has 9 heteroatoms. The summed E-state index contributed by atoms with van der Waals surface area (Å²) in [6, 6.07) is 4.59. The number of urea groups is 1. The second-order valence-electron chi connectivity index (χ2n) is 5.64. The summed E-state index contributed by atoms with van der Waals surface area (Å²) in [6.45, 7) is 4.92. The lowest BCUT2D eigenvalue weighted by molar-refractivity contribution is -0.151. The number of ether oxygens (including phenoxy) is 2. The van der Waals surface area contributed by atoms with Crippen molar-refractivity contribution in [3.05, 3.63) is 29.8 Å². The number of carbonyl (C=O) groups is 4. The fourth-order valence-electron chi connectivity index (χ4n) is 2.05. The number of para-hydroxylation sites is 1. The molecule has 1 atom stereocenters. The quantitative estimate of drug-likeness (QED) is 0.576. The molecule has 4 N–H and O–H groups in total. The van der Waals surface area contributed by atoms with Crippen LogP contribution in [0.4, 0.5) is 4.79 Å². The van der Waals surface area contributed by atoms with Gasteiger partial charge in [-0.3, -0.25) is 14.9 Å². The van der Waals surface area contributed by atoms with Gasteiger partial charge in [-0.25, -0.2) is 9.59 Å². The zero-order valence-corrected chi connectivity index (χ0v) is 14.9. The highest BCUT2D eigenvalue weighted by molar-refractivity contribution is 5.99. The molecule has 0 heterocycles. The van der Waals surface area contributed by atoms with Gasteiger partial charge in [0.2, 0.25) is 0 Å². The Labute approximate surface area is 151 Å². The van der Waals surface area contributed by atoms with Gasteiger partial charge in [0.15, 0.2) is 6.61 Å². The summed E-state index contributed by atoms with van der Waals surface area (Å²) in [6.07, 6.45) is 0. The number of nitrogens with one attached hydrogen (secondary N) is 2. The van der Waals surface area contributed by atoms with Crippen LogP contribution >= 0.6 is 0 Å². The lowest BCUT2D eigenvalue weighted by atomic mass is 10.0. The van der Waals surface area contributed by atoms with E-state index in [1.54, 1.807) is 50.4 Å². The summed E-state index contributed by atoms with van der Waals surface area (Å²) >= 11 is 0. The zero-order valence-electron chi connectivity index (χ0n) is 14.9. The lowest BCUT2D eigenvalue weighted by Gasteiger charge is -2.21. The molecule has 0 radical (unpaired) electrons. The average Bonchev–Trinajstić information content (AvgIpc) is 2.57. The molecule has 0 aliphatic carbocycles. The molecule has 0 saturated carbocycles. The molecule has 0 unspecified atom stereocenters. The van der Waals surface area contributed by atoms with Crippen LogP contribution in [0.1, 0.15) is 31.1 Å². The van der Waals surface area contributed by atoms with Gasteiger partial charge >= 0.3 is 12.0 Å². The second-order valence-corrected chi connectivity index (χ2v) is 5.64. The molecule has 0 aliphatic heterocycles. The minimum Gasteiger partial charge on any atom is -0.493 e. The third-order valence-electron chi connectivity index (χ3n) is 3.25. The van der Waals surface area contributed by atoms with Crippen LogP contribution in [0.25, 0.3) is 0 Å². The first-order valence-corrected chi connectivity index (χ1v) is 8.04. The van der Waals surface area contributed by atoms with E-state index in [4.69, 9.17) is 15.2 Å². The van der Waals surface area contributed by atoms with Gasteiger partial charge in [-0.05, 0) is 25.0 Å². The Bertz CT molecular complexity index is 674. The number of benzene rings is 1. The van der Waals surface area contributed by atoms with Gasteiger partial charge in [-0.2, -0.15) is 0 Å². The molecule has 1 aromatic carbocycles. The van der Waals surface area contributed by atoms with Crippen molar-refractivity contribution < 1.29 is 28.7 Å². The molecule has 26 heavy (non-hydrogen) atoms. The Kier molecular flexibility index (Phi) is 8.07. The maximum Gasteiger partial charge on any atom is 0.329 e. The van der Waals surface area contributed by atoms with Gasteiger partial charge in [0, 0.05) is 0 Å². The Morgan fingerprint density at radius 3 is 2.38 bits per heavy atom. The molecule has 0 spiro atoms. The second kappa shape index (κ2) is 10.0. The van der Waals surface area contributed by atoms with Gasteiger partial charge < -0.3 is 20.5 Å². The van der Waals surface area contributed by atoms with E-state index >= 15 is 0 Å². The minimum atomic E-state index is -1.05. The maximum absolute atomic E-state index is 12.5. The summed E-state index contributed by atoms with van der Waals surface area (Å²) in [5.41, 5.74) is 5.07.